The van der Waals surface area contributed by atoms with Crippen molar-refractivity contribution in [2.45, 2.75) is 32.9 Å². The molecule has 0 saturated heterocycles. The number of amides is 1. The van der Waals surface area contributed by atoms with Crippen molar-refractivity contribution in [2.75, 3.05) is 0 Å². The Kier molecular flexibility index (Phi) is 4.32. The summed E-state index contributed by atoms with van der Waals surface area (Å²) in [6, 6.07) is 7.82. The van der Waals surface area contributed by atoms with Crippen LogP contribution >= 0.6 is 0 Å². The highest BCUT2D eigenvalue weighted by atomic mass is 16.6. The van der Waals surface area contributed by atoms with Crippen molar-refractivity contribution in [2.24, 2.45) is 0 Å². The van der Waals surface area contributed by atoms with Gasteiger partial charge in [0.2, 0.25) is 0 Å². The van der Waals surface area contributed by atoms with Crippen LogP contribution < -0.4 is 5.32 Å². The van der Waals surface area contributed by atoms with Gasteiger partial charge in [0.25, 0.3) is 0 Å². The van der Waals surface area contributed by atoms with Crippen molar-refractivity contribution in [3.8, 4) is 0 Å². The minimum Gasteiger partial charge on any atom is -0.444 e. The molecule has 0 bridgehead atoms. The summed E-state index contributed by atoms with van der Waals surface area (Å²) in [6.07, 6.45) is 1.38. The van der Waals surface area contributed by atoms with Gasteiger partial charge in [-0.1, -0.05) is 36.9 Å². The molecule has 0 unspecified atom stereocenters. The third kappa shape index (κ3) is 5.20. The fourth-order valence-electron chi connectivity index (χ4n) is 1.26. The summed E-state index contributed by atoms with van der Waals surface area (Å²) in [5, 5.41) is 2.71. The third-order valence-corrected chi connectivity index (χ3v) is 2.05. The van der Waals surface area contributed by atoms with Crippen LogP contribution in [-0.4, -0.2) is 11.7 Å². The number of hydrogen-bond donors (Lipinski definition) is 1. The van der Waals surface area contributed by atoms with E-state index in [1.54, 1.807) is 6.08 Å². The first-order valence-electron chi connectivity index (χ1n) is 5.59. The first kappa shape index (κ1) is 13.3. The molecule has 3 nitrogen and oxygen atoms in total. The molecule has 0 atom stereocenters. The van der Waals surface area contributed by atoms with Crippen LogP contribution in [-0.2, 0) is 11.3 Å². The number of carbonyl (C=O) groups excluding carboxylic acids is 1. The monoisotopic (exact) mass is 233 g/mol. The molecule has 3 heteroatoms. The summed E-state index contributed by atoms with van der Waals surface area (Å²) in [7, 11) is 0. The highest BCUT2D eigenvalue weighted by Gasteiger charge is 2.15. The lowest BCUT2D eigenvalue weighted by Gasteiger charge is -2.19. The number of benzene rings is 1. The maximum absolute atomic E-state index is 11.4. The van der Waals surface area contributed by atoms with E-state index in [0.717, 1.165) is 11.1 Å². The van der Waals surface area contributed by atoms with Crippen LogP contribution in [0.5, 0.6) is 0 Å². The number of carbonyl (C=O) groups is 1. The lowest BCUT2D eigenvalue weighted by Crippen LogP contribution is -2.32. The minimum absolute atomic E-state index is 0.398. The standard InChI is InChI=1S/C14H19NO2/c1-5-11-6-8-12(9-7-11)10-15-13(16)17-14(2,3)4/h5-9H,1,10H2,2-4H3,(H,15,16). The molecule has 92 valence electrons. The molecule has 0 radical (unpaired) electrons. The molecule has 1 rings (SSSR count). The summed E-state index contributed by atoms with van der Waals surface area (Å²) in [4.78, 5) is 11.4. The summed E-state index contributed by atoms with van der Waals surface area (Å²) in [5.41, 5.74) is 1.63. The normalized spacial score (nSPS) is 10.8. The molecule has 0 aromatic heterocycles. The van der Waals surface area contributed by atoms with E-state index in [-0.39, 0.29) is 0 Å². The molecule has 1 N–H and O–H groups in total. The van der Waals surface area contributed by atoms with Crippen LogP contribution in [0.25, 0.3) is 6.08 Å². The van der Waals surface area contributed by atoms with Gasteiger partial charge in [-0.05, 0) is 31.9 Å². The second kappa shape index (κ2) is 5.53. The highest BCUT2D eigenvalue weighted by Crippen LogP contribution is 2.08. The molecule has 0 heterocycles. The van der Waals surface area contributed by atoms with Crippen molar-refractivity contribution in [3.05, 3.63) is 42.0 Å². The zero-order valence-electron chi connectivity index (χ0n) is 10.6. The van der Waals surface area contributed by atoms with Gasteiger partial charge in [-0.3, -0.25) is 0 Å². The van der Waals surface area contributed by atoms with Gasteiger partial charge in [0.15, 0.2) is 0 Å². The van der Waals surface area contributed by atoms with E-state index in [1.165, 1.54) is 0 Å². The Balaban J connectivity index is 2.44. The van der Waals surface area contributed by atoms with E-state index >= 15 is 0 Å². The fraction of sp³-hybridized carbons (Fsp3) is 0.357. The van der Waals surface area contributed by atoms with E-state index in [9.17, 15) is 4.79 Å². The van der Waals surface area contributed by atoms with Gasteiger partial charge in [-0.25, -0.2) is 4.79 Å². The van der Waals surface area contributed by atoms with Crippen LogP contribution in [0.15, 0.2) is 30.8 Å². The number of rotatable bonds is 3. The van der Waals surface area contributed by atoms with Crippen LogP contribution in [0, 0.1) is 0 Å². The quantitative estimate of drug-likeness (QED) is 0.869. The predicted molar refractivity (Wildman–Crippen MR) is 69.6 cm³/mol. The largest absolute Gasteiger partial charge is 0.444 e. The summed E-state index contributed by atoms with van der Waals surface area (Å²) < 4.78 is 5.14. The van der Waals surface area contributed by atoms with E-state index in [1.807, 2.05) is 45.0 Å². The number of hydrogen-bond acceptors (Lipinski definition) is 2. The van der Waals surface area contributed by atoms with Gasteiger partial charge in [0.1, 0.15) is 5.60 Å². The zero-order valence-corrected chi connectivity index (χ0v) is 10.6. The van der Waals surface area contributed by atoms with E-state index in [2.05, 4.69) is 11.9 Å². The van der Waals surface area contributed by atoms with E-state index < -0.39 is 11.7 Å². The van der Waals surface area contributed by atoms with Gasteiger partial charge in [-0.15, -0.1) is 0 Å². The van der Waals surface area contributed by atoms with Crippen LogP contribution in [0.3, 0.4) is 0 Å². The first-order chi connectivity index (χ1) is 7.90. The van der Waals surface area contributed by atoms with Gasteiger partial charge in [-0.2, -0.15) is 0 Å². The Hall–Kier alpha value is -1.77. The molecular weight excluding hydrogens is 214 g/mol. The summed E-state index contributed by atoms with van der Waals surface area (Å²) in [5.74, 6) is 0. The molecule has 0 aliphatic carbocycles. The van der Waals surface area contributed by atoms with Crippen LogP contribution in [0.1, 0.15) is 31.9 Å². The maximum Gasteiger partial charge on any atom is 0.407 e. The van der Waals surface area contributed by atoms with Crippen LogP contribution in [0.4, 0.5) is 4.79 Å². The topological polar surface area (TPSA) is 38.3 Å². The molecule has 17 heavy (non-hydrogen) atoms. The molecule has 0 aliphatic heterocycles. The van der Waals surface area contributed by atoms with Crippen molar-refractivity contribution < 1.29 is 9.53 Å². The highest BCUT2D eigenvalue weighted by molar-refractivity contribution is 5.67. The molecule has 0 fully saturated rings. The second-order valence-corrected chi connectivity index (χ2v) is 4.80. The second-order valence-electron chi connectivity index (χ2n) is 4.80. The maximum atomic E-state index is 11.4. The Morgan fingerprint density at radius 3 is 2.41 bits per heavy atom. The average molecular weight is 233 g/mol. The molecular formula is C14H19NO2. The van der Waals surface area contributed by atoms with Crippen LogP contribution in [0.2, 0.25) is 0 Å². The van der Waals surface area contributed by atoms with Crippen molar-refractivity contribution in [1.29, 1.82) is 0 Å². The minimum atomic E-state index is -0.462. The number of alkyl carbamates (subject to hydrolysis) is 1. The molecule has 0 aliphatic rings. The van der Waals surface area contributed by atoms with Gasteiger partial charge in [0.05, 0.1) is 0 Å². The lowest BCUT2D eigenvalue weighted by molar-refractivity contribution is 0.0523. The van der Waals surface area contributed by atoms with Gasteiger partial charge >= 0.3 is 6.09 Å². The van der Waals surface area contributed by atoms with E-state index in [0.29, 0.717) is 6.54 Å². The smallest absolute Gasteiger partial charge is 0.407 e. The Morgan fingerprint density at radius 2 is 1.94 bits per heavy atom. The van der Waals surface area contributed by atoms with Gasteiger partial charge < -0.3 is 10.1 Å². The van der Waals surface area contributed by atoms with Crippen molar-refractivity contribution in [1.82, 2.24) is 5.32 Å². The Morgan fingerprint density at radius 1 is 1.35 bits per heavy atom. The molecule has 1 aromatic rings. The predicted octanol–water partition coefficient (Wildman–Crippen LogP) is 3.35. The number of ether oxygens (including phenoxy) is 1. The van der Waals surface area contributed by atoms with Crippen molar-refractivity contribution >= 4 is 12.2 Å². The van der Waals surface area contributed by atoms with Gasteiger partial charge in [0, 0.05) is 6.54 Å². The Labute approximate surface area is 102 Å². The number of nitrogens with one attached hydrogen (secondary N) is 1. The SMILES string of the molecule is C=Cc1ccc(CNC(=O)OC(C)(C)C)cc1. The molecule has 1 aromatic carbocycles. The van der Waals surface area contributed by atoms with E-state index in [4.69, 9.17) is 4.74 Å². The lowest BCUT2D eigenvalue weighted by atomic mass is 10.1. The summed E-state index contributed by atoms with van der Waals surface area (Å²) >= 11 is 0. The molecule has 1 amide bonds. The Bertz CT molecular complexity index is 388. The fourth-order valence-corrected chi connectivity index (χ4v) is 1.26. The molecule has 0 spiro atoms. The average Bonchev–Trinajstić information content (AvgIpc) is 2.25. The molecule has 0 saturated carbocycles. The third-order valence-electron chi connectivity index (χ3n) is 2.05. The zero-order chi connectivity index (χ0) is 12.9. The summed E-state index contributed by atoms with van der Waals surface area (Å²) in [6.45, 7) is 9.67. The van der Waals surface area contributed by atoms with Crippen molar-refractivity contribution in [3.63, 3.8) is 0 Å². The first-order valence-corrected chi connectivity index (χ1v) is 5.59.